The minimum absolute atomic E-state index is 0.0257. The SMILES string of the molecule is CCCOC(=O)O[C@]1(C(=O)COS(=O)(=O)c2ccc(Cl)cc2)CC[C@H]2[C@@H]3CCC4=CC(=O)CC[C@]4(C)[C@H]3[C@@H](O)C[C@@]21C. The fourth-order valence-electron chi connectivity index (χ4n) is 8.63. The maximum Gasteiger partial charge on any atom is 0.509 e. The normalized spacial score (nSPS) is 35.8. The fourth-order valence-corrected chi connectivity index (χ4v) is 9.63. The Morgan fingerprint density at radius 2 is 1.81 bits per heavy atom. The van der Waals surface area contributed by atoms with E-state index >= 15 is 0 Å². The Morgan fingerprint density at radius 1 is 1.10 bits per heavy atom. The molecule has 7 atom stereocenters. The molecule has 5 rings (SSSR count). The first kappa shape index (κ1) is 31.2. The van der Waals surface area contributed by atoms with Gasteiger partial charge in [-0.05, 0) is 98.5 Å². The Labute approximate surface area is 252 Å². The van der Waals surface area contributed by atoms with Gasteiger partial charge >= 0.3 is 6.16 Å². The lowest BCUT2D eigenvalue weighted by Gasteiger charge is -2.60. The zero-order chi connectivity index (χ0) is 30.5. The molecule has 1 aromatic carbocycles. The Bertz CT molecular complexity index is 1390. The highest BCUT2D eigenvalue weighted by molar-refractivity contribution is 7.86. The van der Waals surface area contributed by atoms with Gasteiger partial charge in [0.15, 0.2) is 11.4 Å². The van der Waals surface area contributed by atoms with Crippen molar-refractivity contribution in [1.29, 1.82) is 0 Å². The number of aliphatic hydroxyl groups excluding tert-OH is 1. The maximum absolute atomic E-state index is 14.1. The molecule has 0 aromatic heterocycles. The molecule has 0 radical (unpaired) electrons. The van der Waals surface area contributed by atoms with Gasteiger partial charge in [0.2, 0.25) is 5.78 Å². The molecule has 42 heavy (non-hydrogen) atoms. The van der Waals surface area contributed by atoms with Crippen LogP contribution in [0, 0.1) is 28.6 Å². The first-order valence-electron chi connectivity index (χ1n) is 14.7. The molecule has 9 nitrogen and oxygen atoms in total. The van der Waals surface area contributed by atoms with Crippen LogP contribution < -0.4 is 0 Å². The van der Waals surface area contributed by atoms with Gasteiger partial charge < -0.3 is 14.6 Å². The zero-order valence-electron chi connectivity index (χ0n) is 24.3. The maximum atomic E-state index is 14.1. The summed E-state index contributed by atoms with van der Waals surface area (Å²) in [6, 6.07) is 5.38. The first-order valence-corrected chi connectivity index (χ1v) is 16.5. The summed E-state index contributed by atoms with van der Waals surface area (Å²) in [5, 5.41) is 12.1. The van der Waals surface area contributed by atoms with Crippen LogP contribution in [0.3, 0.4) is 0 Å². The topological polar surface area (TPSA) is 133 Å². The highest BCUT2D eigenvalue weighted by Crippen LogP contribution is 2.68. The van der Waals surface area contributed by atoms with Crippen LogP contribution in [0.2, 0.25) is 5.02 Å². The summed E-state index contributed by atoms with van der Waals surface area (Å²) in [6.45, 7) is 5.09. The number of allylic oxidation sites excluding steroid dienone is 1. The van der Waals surface area contributed by atoms with Gasteiger partial charge in [0.1, 0.15) is 6.61 Å². The lowest BCUT2D eigenvalue weighted by Crippen LogP contribution is -2.63. The van der Waals surface area contributed by atoms with E-state index in [1.807, 2.05) is 13.8 Å². The van der Waals surface area contributed by atoms with Gasteiger partial charge in [-0.15, -0.1) is 0 Å². The summed E-state index contributed by atoms with van der Waals surface area (Å²) in [4.78, 5) is 39.0. The molecule has 230 valence electrons. The number of benzene rings is 1. The molecule has 11 heteroatoms. The van der Waals surface area contributed by atoms with E-state index in [0.717, 1.165) is 18.4 Å². The average molecular weight is 623 g/mol. The van der Waals surface area contributed by atoms with Crippen molar-refractivity contribution in [2.45, 2.75) is 88.7 Å². The van der Waals surface area contributed by atoms with Gasteiger partial charge in [-0.25, -0.2) is 4.79 Å². The molecular formula is C31H39ClO9S. The molecule has 0 aliphatic heterocycles. The average Bonchev–Trinajstić information content (AvgIpc) is 3.23. The van der Waals surface area contributed by atoms with E-state index in [9.17, 15) is 27.9 Å². The molecule has 1 N–H and O–H groups in total. The molecule has 4 aliphatic rings. The Balaban J connectivity index is 1.46. The number of hydrogen-bond acceptors (Lipinski definition) is 9. The van der Waals surface area contributed by atoms with E-state index in [2.05, 4.69) is 6.92 Å². The van der Waals surface area contributed by atoms with E-state index in [1.165, 1.54) is 24.3 Å². The van der Waals surface area contributed by atoms with Gasteiger partial charge in [0.25, 0.3) is 10.1 Å². The van der Waals surface area contributed by atoms with Crippen molar-refractivity contribution in [3.8, 4) is 0 Å². The van der Waals surface area contributed by atoms with E-state index in [-0.39, 0.29) is 53.3 Å². The van der Waals surface area contributed by atoms with Crippen LogP contribution in [0.25, 0.3) is 0 Å². The van der Waals surface area contributed by atoms with Gasteiger partial charge in [0, 0.05) is 16.9 Å². The Hall–Kier alpha value is -2.27. The second-order valence-corrected chi connectivity index (χ2v) is 14.8. The highest BCUT2D eigenvalue weighted by atomic mass is 35.5. The molecular weight excluding hydrogens is 584 g/mol. The lowest BCUT2D eigenvalue weighted by molar-refractivity contribution is -0.186. The van der Waals surface area contributed by atoms with Gasteiger partial charge in [-0.3, -0.25) is 13.8 Å². The van der Waals surface area contributed by atoms with Crippen LogP contribution in [-0.4, -0.2) is 56.2 Å². The zero-order valence-corrected chi connectivity index (χ0v) is 25.8. The predicted octanol–water partition coefficient (Wildman–Crippen LogP) is 5.42. The molecule has 1 aromatic rings. The van der Waals surface area contributed by atoms with Crippen molar-refractivity contribution >= 4 is 39.4 Å². The van der Waals surface area contributed by atoms with E-state index in [0.29, 0.717) is 30.7 Å². The highest BCUT2D eigenvalue weighted by Gasteiger charge is 2.70. The smallest absolute Gasteiger partial charge is 0.434 e. The van der Waals surface area contributed by atoms with Crippen molar-refractivity contribution in [2.75, 3.05) is 13.2 Å². The number of carbonyl (C=O) groups is 3. The molecule has 0 unspecified atom stereocenters. The Kier molecular flexibility index (Phi) is 8.41. The molecule has 0 bridgehead atoms. The molecule has 0 heterocycles. The second-order valence-electron chi connectivity index (χ2n) is 12.7. The minimum Gasteiger partial charge on any atom is -0.434 e. The van der Waals surface area contributed by atoms with Crippen LogP contribution in [0.5, 0.6) is 0 Å². The van der Waals surface area contributed by atoms with Crippen LogP contribution in [0.4, 0.5) is 4.79 Å². The van der Waals surface area contributed by atoms with Crippen LogP contribution in [0.15, 0.2) is 40.8 Å². The third kappa shape index (κ3) is 5.12. The number of hydrogen-bond donors (Lipinski definition) is 1. The monoisotopic (exact) mass is 622 g/mol. The summed E-state index contributed by atoms with van der Waals surface area (Å²) >= 11 is 5.88. The number of fused-ring (bicyclic) bond motifs is 5. The molecule has 0 saturated heterocycles. The molecule has 4 aliphatic carbocycles. The summed E-state index contributed by atoms with van der Waals surface area (Å²) < 4.78 is 42.2. The quantitative estimate of drug-likeness (QED) is 0.298. The number of ketones is 2. The fraction of sp³-hybridized carbons (Fsp3) is 0.645. The van der Waals surface area contributed by atoms with Gasteiger partial charge in [-0.2, -0.15) is 8.42 Å². The van der Waals surface area contributed by atoms with E-state index in [4.69, 9.17) is 25.3 Å². The molecule has 3 fully saturated rings. The van der Waals surface area contributed by atoms with Crippen molar-refractivity contribution in [3.05, 3.63) is 40.9 Å². The second kappa shape index (κ2) is 11.3. The Morgan fingerprint density at radius 3 is 2.50 bits per heavy atom. The lowest BCUT2D eigenvalue weighted by atomic mass is 9.45. The van der Waals surface area contributed by atoms with Gasteiger partial charge in [0.05, 0.1) is 17.6 Å². The summed E-state index contributed by atoms with van der Waals surface area (Å²) in [5.41, 5.74) is -1.98. The third-order valence-corrected chi connectivity index (χ3v) is 12.1. The largest absolute Gasteiger partial charge is 0.509 e. The summed E-state index contributed by atoms with van der Waals surface area (Å²) in [5.74, 6) is -0.734. The number of halogens is 1. The van der Waals surface area contributed by atoms with Crippen LogP contribution >= 0.6 is 11.6 Å². The van der Waals surface area contributed by atoms with Crippen LogP contribution in [-0.2, 0) is 33.4 Å². The standard InChI is InChI=1S/C31H39ClO9S/c1-4-15-39-28(36)41-31(26(35)18-40-42(37,38)22-8-6-20(32)7-9-22)14-12-24-23-10-5-19-16-21(33)11-13-29(19,2)27(23)25(34)17-30(24,31)3/h6-9,16,23-25,27,34H,4-5,10-15,17-18H2,1-3H3/t23-,24-,25-,27+,29-,30-,31-/m0/s1. The van der Waals surface area contributed by atoms with Gasteiger partial charge in [-0.1, -0.05) is 37.9 Å². The minimum atomic E-state index is -4.31. The van der Waals surface area contributed by atoms with E-state index < -0.39 is 45.8 Å². The van der Waals surface area contributed by atoms with Crippen molar-refractivity contribution in [1.82, 2.24) is 0 Å². The van der Waals surface area contributed by atoms with Crippen molar-refractivity contribution in [3.63, 3.8) is 0 Å². The van der Waals surface area contributed by atoms with Crippen LogP contribution in [0.1, 0.15) is 72.1 Å². The summed E-state index contributed by atoms with van der Waals surface area (Å²) in [7, 11) is -4.31. The summed E-state index contributed by atoms with van der Waals surface area (Å²) in [6.07, 6.45) is 3.94. The number of carbonyl (C=O) groups excluding carboxylic acids is 3. The number of Topliss-reactive ketones (excluding diaryl/α,β-unsaturated/α-hetero) is 1. The first-order chi connectivity index (χ1) is 19.8. The molecule has 0 spiro atoms. The number of ether oxygens (including phenoxy) is 2. The number of rotatable bonds is 8. The third-order valence-electron chi connectivity index (χ3n) is 10.6. The van der Waals surface area contributed by atoms with Crippen molar-refractivity contribution < 1.29 is 41.6 Å². The van der Waals surface area contributed by atoms with E-state index in [1.54, 1.807) is 6.08 Å². The molecule has 3 saturated carbocycles. The predicted molar refractivity (Wildman–Crippen MR) is 153 cm³/mol. The number of aliphatic hydroxyl groups is 1. The molecule has 0 amide bonds. The van der Waals surface area contributed by atoms with Crippen molar-refractivity contribution in [2.24, 2.45) is 28.6 Å².